The summed E-state index contributed by atoms with van der Waals surface area (Å²) in [7, 11) is 1.91. The van der Waals surface area contributed by atoms with Gasteiger partial charge in [-0.3, -0.25) is 10.1 Å². The van der Waals surface area contributed by atoms with Crippen LogP contribution in [0.5, 0.6) is 0 Å². The minimum Gasteiger partial charge on any atom is -0.436 e. The Balaban J connectivity index is 1.23. The second kappa shape index (κ2) is 12.3. The van der Waals surface area contributed by atoms with E-state index in [4.69, 9.17) is 13.9 Å². The molecule has 1 N–H and O–H groups in total. The number of benzene rings is 2. The van der Waals surface area contributed by atoms with Crippen LogP contribution in [0.4, 0.5) is 0 Å². The van der Waals surface area contributed by atoms with Crippen molar-refractivity contribution in [2.45, 2.75) is 51.7 Å². The third-order valence-corrected chi connectivity index (χ3v) is 6.84. The van der Waals surface area contributed by atoms with Crippen molar-refractivity contribution in [1.82, 2.24) is 15.2 Å². The van der Waals surface area contributed by atoms with Crippen LogP contribution in [0.3, 0.4) is 0 Å². The molecule has 3 unspecified atom stereocenters. The number of aromatic nitrogens is 1. The van der Waals surface area contributed by atoms with Gasteiger partial charge < -0.3 is 18.8 Å². The van der Waals surface area contributed by atoms with Gasteiger partial charge in [-0.15, -0.1) is 0 Å². The van der Waals surface area contributed by atoms with Gasteiger partial charge in [-0.1, -0.05) is 19.1 Å². The topological polar surface area (TPSA) is 76.8 Å². The van der Waals surface area contributed by atoms with Crippen molar-refractivity contribution in [3.63, 3.8) is 0 Å². The Hall–Kier alpha value is -2.74. The third-order valence-electron chi connectivity index (χ3n) is 6.84. The average molecular weight is 480 g/mol. The number of hydrogen-bond donors (Lipinski definition) is 1. The summed E-state index contributed by atoms with van der Waals surface area (Å²) in [4.78, 5) is 19.5. The van der Waals surface area contributed by atoms with Crippen LogP contribution in [0.2, 0.25) is 0 Å². The van der Waals surface area contributed by atoms with E-state index in [0.717, 1.165) is 62.1 Å². The van der Waals surface area contributed by atoms with E-state index >= 15 is 0 Å². The summed E-state index contributed by atoms with van der Waals surface area (Å²) in [6.45, 7) is 6.94. The molecule has 35 heavy (non-hydrogen) atoms. The van der Waals surface area contributed by atoms with Crippen LogP contribution in [0.25, 0.3) is 22.6 Å². The Morgan fingerprint density at radius 3 is 2.71 bits per heavy atom. The van der Waals surface area contributed by atoms with E-state index in [1.807, 2.05) is 67.4 Å². The molecule has 0 radical (unpaired) electrons. The van der Waals surface area contributed by atoms with E-state index in [1.54, 1.807) is 0 Å². The summed E-state index contributed by atoms with van der Waals surface area (Å²) in [5, 5.41) is 3.32. The number of oxazole rings is 1. The number of hydrogen-bond acceptors (Lipinski definition) is 6. The maximum Gasteiger partial charge on any atom is 0.253 e. The standard InChI is InChI=1S/C28H37N3O4/c1-4-24(34-5-2)17-29-19-33-18-20-10-15-23(16-20)31(3)28(32)22-13-11-21(12-14-22)27-30-25-8-6-7-9-26(25)35-27/h6-9,11-14,20,23-24,29H,4-5,10,15-19H2,1-3H3. The fourth-order valence-corrected chi connectivity index (χ4v) is 4.75. The first kappa shape index (κ1) is 25.4. The summed E-state index contributed by atoms with van der Waals surface area (Å²) in [5.74, 6) is 1.09. The molecule has 1 amide bonds. The summed E-state index contributed by atoms with van der Waals surface area (Å²) in [6, 6.07) is 15.5. The van der Waals surface area contributed by atoms with Gasteiger partial charge in [-0.05, 0) is 74.9 Å². The molecule has 0 bridgehead atoms. The predicted octanol–water partition coefficient (Wildman–Crippen LogP) is 5.11. The van der Waals surface area contributed by atoms with Gasteiger partial charge in [-0.2, -0.15) is 0 Å². The zero-order valence-electron chi connectivity index (χ0n) is 21.0. The van der Waals surface area contributed by atoms with Crippen LogP contribution < -0.4 is 5.32 Å². The highest BCUT2D eigenvalue weighted by Gasteiger charge is 2.30. The maximum atomic E-state index is 13.1. The van der Waals surface area contributed by atoms with E-state index in [-0.39, 0.29) is 18.1 Å². The second-order valence-corrected chi connectivity index (χ2v) is 9.27. The van der Waals surface area contributed by atoms with E-state index in [9.17, 15) is 4.79 Å². The van der Waals surface area contributed by atoms with Gasteiger partial charge in [0.15, 0.2) is 5.58 Å². The van der Waals surface area contributed by atoms with Gasteiger partial charge in [-0.25, -0.2) is 4.98 Å². The van der Waals surface area contributed by atoms with E-state index < -0.39 is 0 Å². The van der Waals surface area contributed by atoms with Crippen LogP contribution in [0.1, 0.15) is 49.9 Å². The molecule has 0 spiro atoms. The normalized spacial score (nSPS) is 18.7. The Morgan fingerprint density at radius 2 is 1.97 bits per heavy atom. The highest BCUT2D eigenvalue weighted by molar-refractivity contribution is 5.94. The number of nitrogens with zero attached hydrogens (tertiary/aromatic N) is 2. The van der Waals surface area contributed by atoms with Crippen LogP contribution in [0.15, 0.2) is 52.9 Å². The largest absolute Gasteiger partial charge is 0.436 e. The van der Waals surface area contributed by atoms with Crippen LogP contribution >= 0.6 is 0 Å². The molecule has 2 aromatic carbocycles. The highest BCUT2D eigenvalue weighted by atomic mass is 16.5. The zero-order valence-corrected chi connectivity index (χ0v) is 21.0. The quantitative estimate of drug-likeness (QED) is 0.287. The van der Waals surface area contributed by atoms with Crippen LogP contribution in [-0.2, 0) is 9.47 Å². The Morgan fingerprint density at radius 1 is 1.17 bits per heavy atom. The van der Waals surface area contributed by atoms with Gasteiger partial charge in [0.1, 0.15) is 5.52 Å². The molecule has 188 valence electrons. The minimum atomic E-state index is 0.0453. The molecule has 1 fully saturated rings. The van der Waals surface area contributed by atoms with Crippen molar-refractivity contribution < 1.29 is 18.7 Å². The van der Waals surface area contributed by atoms with Crippen molar-refractivity contribution in [3.8, 4) is 11.5 Å². The van der Waals surface area contributed by atoms with Crippen molar-refractivity contribution >= 4 is 17.0 Å². The number of rotatable bonds is 12. The fourth-order valence-electron chi connectivity index (χ4n) is 4.75. The molecule has 3 atom stereocenters. The molecule has 7 nitrogen and oxygen atoms in total. The smallest absolute Gasteiger partial charge is 0.253 e. The van der Waals surface area contributed by atoms with E-state index in [2.05, 4.69) is 17.2 Å². The molecule has 1 aromatic heterocycles. The first-order chi connectivity index (χ1) is 17.1. The SMILES string of the molecule is CCOC(CC)CNCOCC1CCC(N(C)C(=O)c2ccc(-c3nc4ccccc4o3)cc2)C1. The molecule has 3 aromatic rings. The molecule has 1 aliphatic rings. The van der Waals surface area contributed by atoms with Crippen LogP contribution in [-0.4, -0.2) is 61.5 Å². The summed E-state index contributed by atoms with van der Waals surface area (Å²) < 4.78 is 17.3. The lowest BCUT2D eigenvalue weighted by Gasteiger charge is -2.25. The summed E-state index contributed by atoms with van der Waals surface area (Å²) in [6.07, 6.45) is 4.29. The van der Waals surface area contributed by atoms with Gasteiger partial charge in [0.05, 0.1) is 19.4 Å². The third kappa shape index (κ3) is 6.48. The van der Waals surface area contributed by atoms with Crippen LogP contribution in [0, 0.1) is 5.92 Å². The van der Waals surface area contributed by atoms with Crippen molar-refractivity contribution in [2.75, 3.05) is 33.5 Å². The number of para-hydroxylation sites is 2. The van der Waals surface area contributed by atoms with Gasteiger partial charge >= 0.3 is 0 Å². The molecular weight excluding hydrogens is 442 g/mol. The molecule has 7 heteroatoms. The number of fused-ring (bicyclic) bond motifs is 1. The number of carbonyl (C=O) groups is 1. The zero-order chi connectivity index (χ0) is 24.6. The Labute approximate surface area is 207 Å². The molecular formula is C28H37N3O4. The molecule has 0 aliphatic heterocycles. The number of amides is 1. The predicted molar refractivity (Wildman–Crippen MR) is 137 cm³/mol. The lowest BCUT2D eigenvalue weighted by atomic mass is 10.1. The second-order valence-electron chi connectivity index (χ2n) is 9.27. The maximum absolute atomic E-state index is 13.1. The van der Waals surface area contributed by atoms with Crippen molar-refractivity contribution in [3.05, 3.63) is 54.1 Å². The molecule has 1 heterocycles. The summed E-state index contributed by atoms with van der Waals surface area (Å²) in [5.41, 5.74) is 3.12. The Bertz CT molecular complexity index is 1050. The molecule has 1 aliphatic carbocycles. The lowest BCUT2D eigenvalue weighted by molar-refractivity contribution is 0.0395. The van der Waals surface area contributed by atoms with Gasteiger partial charge in [0.25, 0.3) is 5.91 Å². The lowest BCUT2D eigenvalue weighted by Crippen LogP contribution is -2.35. The molecule has 1 saturated carbocycles. The monoisotopic (exact) mass is 479 g/mol. The number of nitrogens with one attached hydrogen (secondary N) is 1. The molecule has 4 rings (SSSR count). The Kier molecular flexibility index (Phi) is 8.90. The minimum absolute atomic E-state index is 0.0453. The number of carbonyl (C=O) groups excluding carboxylic acids is 1. The number of ether oxygens (including phenoxy) is 2. The van der Waals surface area contributed by atoms with Crippen molar-refractivity contribution in [2.24, 2.45) is 5.92 Å². The van der Waals surface area contributed by atoms with Gasteiger partial charge in [0.2, 0.25) is 5.89 Å². The molecule has 0 saturated heterocycles. The fraction of sp³-hybridized carbons (Fsp3) is 0.500. The van der Waals surface area contributed by atoms with E-state index in [1.165, 1.54) is 0 Å². The first-order valence-corrected chi connectivity index (χ1v) is 12.7. The first-order valence-electron chi connectivity index (χ1n) is 12.7. The van der Waals surface area contributed by atoms with Gasteiger partial charge in [0, 0.05) is 37.4 Å². The highest BCUT2D eigenvalue weighted by Crippen LogP contribution is 2.30. The van der Waals surface area contributed by atoms with Crippen molar-refractivity contribution in [1.29, 1.82) is 0 Å². The summed E-state index contributed by atoms with van der Waals surface area (Å²) >= 11 is 0. The average Bonchev–Trinajstić information content (AvgIpc) is 3.54. The van der Waals surface area contributed by atoms with E-state index in [0.29, 0.717) is 24.1 Å².